The highest BCUT2D eigenvalue weighted by molar-refractivity contribution is 5.69. The summed E-state index contributed by atoms with van der Waals surface area (Å²) in [4.78, 5) is 12.4. The Balaban J connectivity index is 1.70. The SMILES string of the molecule is CCCCCCCCCCCC(=O)O[C@@H]1CCCC[C@H]1c1ccccc1OC. The van der Waals surface area contributed by atoms with E-state index in [4.69, 9.17) is 9.47 Å². The van der Waals surface area contributed by atoms with Gasteiger partial charge in [0.15, 0.2) is 0 Å². The summed E-state index contributed by atoms with van der Waals surface area (Å²) in [7, 11) is 1.71. The molecule has 2 rings (SSSR count). The minimum atomic E-state index is -0.0188. The molecule has 0 spiro atoms. The van der Waals surface area contributed by atoms with Crippen LogP contribution in [0.25, 0.3) is 0 Å². The molecule has 0 heterocycles. The smallest absolute Gasteiger partial charge is 0.306 e. The number of carbonyl (C=O) groups is 1. The van der Waals surface area contributed by atoms with Gasteiger partial charge >= 0.3 is 5.97 Å². The van der Waals surface area contributed by atoms with Crippen molar-refractivity contribution < 1.29 is 14.3 Å². The molecule has 3 heteroatoms. The normalized spacial score (nSPS) is 19.4. The number of hydrogen-bond acceptors (Lipinski definition) is 3. The fourth-order valence-electron chi connectivity index (χ4n) is 4.37. The van der Waals surface area contributed by atoms with Crippen LogP contribution in [0.1, 0.15) is 108 Å². The van der Waals surface area contributed by atoms with Gasteiger partial charge in [-0.1, -0.05) is 82.9 Å². The minimum Gasteiger partial charge on any atom is -0.496 e. The van der Waals surface area contributed by atoms with Crippen LogP contribution >= 0.6 is 0 Å². The second-order valence-electron chi connectivity index (χ2n) is 8.24. The van der Waals surface area contributed by atoms with Gasteiger partial charge in [0.2, 0.25) is 0 Å². The lowest BCUT2D eigenvalue weighted by Gasteiger charge is -2.32. The Kier molecular flexibility index (Phi) is 11.1. The second-order valence-corrected chi connectivity index (χ2v) is 8.24. The predicted molar refractivity (Wildman–Crippen MR) is 116 cm³/mol. The summed E-state index contributed by atoms with van der Waals surface area (Å²) in [5.74, 6) is 1.15. The van der Waals surface area contributed by atoms with Gasteiger partial charge in [0.1, 0.15) is 11.9 Å². The fourth-order valence-corrected chi connectivity index (χ4v) is 4.37. The molecule has 0 bridgehead atoms. The van der Waals surface area contributed by atoms with E-state index in [-0.39, 0.29) is 18.0 Å². The van der Waals surface area contributed by atoms with E-state index in [1.165, 1.54) is 56.9 Å². The van der Waals surface area contributed by atoms with Crippen molar-refractivity contribution in [2.24, 2.45) is 0 Å². The van der Waals surface area contributed by atoms with Crippen molar-refractivity contribution in [3.05, 3.63) is 29.8 Å². The second kappa shape index (κ2) is 13.6. The molecule has 1 aromatic rings. The van der Waals surface area contributed by atoms with Crippen LogP contribution in [0, 0.1) is 0 Å². The number of benzene rings is 1. The van der Waals surface area contributed by atoms with Crippen LogP contribution in [0.4, 0.5) is 0 Å². The highest BCUT2D eigenvalue weighted by Gasteiger charge is 2.31. The molecule has 1 fully saturated rings. The third-order valence-corrected chi connectivity index (χ3v) is 6.01. The van der Waals surface area contributed by atoms with E-state index < -0.39 is 0 Å². The maximum absolute atomic E-state index is 12.4. The predicted octanol–water partition coefficient (Wildman–Crippen LogP) is 7.19. The van der Waals surface area contributed by atoms with E-state index in [0.717, 1.165) is 37.9 Å². The standard InChI is InChI=1S/C25H40O3/c1-3-4-5-6-7-8-9-10-11-20-25(26)28-24-19-15-13-17-22(24)21-16-12-14-18-23(21)27-2/h12,14,16,18,22,24H,3-11,13,15,17,19-20H2,1-2H3/t22-,24+/m0/s1. The summed E-state index contributed by atoms with van der Waals surface area (Å²) < 4.78 is 11.5. The Morgan fingerprint density at radius 2 is 1.57 bits per heavy atom. The Labute approximate surface area is 172 Å². The molecule has 1 aliphatic carbocycles. The molecule has 0 radical (unpaired) electrons. The number of methoxy groups -OCH3 is 1. The summed E-state index contributed by atoms with van der Waals surface area (Å²) in [6, 6.07) is 8.17. The average molecular weight is 389 g/mol. The van der Waals surface area contributed by atoms with Crippen LogP contribution in [0.5, 0.6) is 5.75 Å². The molecule has 158 valence electrons. The van der Waals surface area contributed by atoms with Crippen molar-refractivity contribution in [3.63, 3.8) is 0 Å². The van der Waals surface area contributed by atoms with Gasteiger partial charge in [0.25, 0.3) is 0 Å². The van der Waals surface area contributed by atoms with Crippen LogP contribution in [0.2, 0.25) is 0 Å². The molecule has 1 saturated carbocycles. The van der Waals surface area contributed by atoms with E-state index in [2.05, 4.69) is 13.0 Å². The highest BCUT2D eigenvalue weighted by Crippen LogP contribution is 2.39. The molecule has 3 nitrogen and oxygen atoms in total. The average Bonchev–Trinajstić information content (AvgIpc) is 2.73. The minimum absolute atomic E-state index is 0.00360. The summed E-state index contributed by atoms with van der Waals surface area (Å²) in [6.45, 7) is 2.25. The molecular weight excluding hydrogens is 348 g/mol. The zero-order chi connectivity index (χ0) is 20.0. The molecule has 0 amide bonds. The largest absolute Gasteiger partial charge is 0.496 e. The van der Waals surface area contributed by atoms with Crippen molar-refractivity contribution in [1.29, 1.82) is 0 Å². The van der Waals surface area contributed by atoms with Crippen LogP contribution in [0.15, 0.2) is 24.3 Å². The van der Waals surface area contributed by atoms with Gasteiger partial charge in [-0.05, 0) is 31.7 Å². The topological polar surface area (TPSA) is 35.5 Å². The lowest BCUT2D eigenvalue weighted by molar-refractivity contribution is -0.151. The molecule has 2 atom stereocenters. The van der Waals surface area contributed by atoms with Crippen LogP contribution in [-0.4, -0.2) is 19.2 Å². The first-order valence-corrected chi connectivity index (χ1v) is 11.6. The van der Waals surface area contributed by atoms with Gasteiger partial charge in [0, 0.05) is 17.9 Å². The van der Waals surface area contributed by atoms with Crippen molar-refractivity contribution in [1.82, 2.24) is 0 Å². The van der Waals surface area contributed by atoms with Crippen LogP contribution in [0.3, 0.4) is 0 Å². The molecule has 1 aliphatic rings. The fraction of sp³-hybridized carbons (Fsp3) is 0.720. The number of carbonyl (C=O) groups excluding carboxylic acids is 1. The van der Waals surface area contributed by atoms with Crippen LogP contribution in [-0.2, 0) is 9.53 Å². The zero-order valence-electron chi connectivity index (χ0n) is 18.1. The Morgan fingerprint density at radius 3 is 2.29 bits per heavy atom. The molecule has 0 saturated heterocycles. The monoisotopic (exact) mass is 388 g/mol. The molecule has 0 aromatic heterocycles. The van der Waals surface area contributed by atoms with Gasteiger partial charge in [-0.3, -0.25) is 4.79 Å². The first kappa shape index (κ1) is 22.8. The van der Waals surface area contributed by atoms with Gasteiger partial charge in [0.05, 0.1) is 7.11 Å². The van der Waals surface area contributed by atoms with E-state index in [0.29, 0.717) is 6.42 Å². The lowest BCUT2D eigenvalue weighted by Crippen LogP contribution is -2.29. The number of ether oxygens (including phenoxy) is 2. The van der Waals surface area contributed by atoms with Crippen molar-refractivity contribution in [2.75, 3.05) is 7.11 Å². The van der Waals surface area contributed by atoms with E-state index in [1.54, 1.807) is 7.11 Å². The molecular formula is C25H40O3. The number of para-hydroxylation sites is 1. The number of unbranched alkanes of at least 4 members (excludes halogenated alkanes) is 8. The zero-order valence-corrected chi connectivity index (χ0v) is 18.1. The third-order valence-electron chi connectivity index (χ3n) is 6.01. The summed E-state index contributed by atoms with van der Waals surface area (Å²) in [5.41, 5.74) is 1.19. The molecule has 1 aromatic carbocycles. The summed E-state index contributed by atoms with van der Waals surface area (Å²) in [6.07, 6.45) is 16.3. The van der Waals surface area contributed by atoms with Crippen molar-refractivity contribution in [2.45, 2.75) is 109 Å². The molecule has 0 aliphatic heterocycles. The van der Waals surface area contributed by atoms with Crippen LogP contribution < -0.4 is 4.74 Å². The van der Waals surface area contributed by atoms with E-state index >= 15 is 0 Å². The first-order valence-electron chi connectivity index (χ1n) is 11.6. The Morgan fingerprint density at radius 1 is 0.929 bits per heavy atom. The van der Waals surface area contributed by atoms with Gasteiger partial charge in [-0.15, -0.1) is 0 Å². The lowest BCUT2D eigenvalue weighted by atomic mass is 9.81. The van der Waals surface area contributed by atoms with E-state index in [9.17, 15) is 4.79 Å². The summed E-state index contributed by atoms with van der Waals surface area (Å²) in [5, 5.41) is 0. The number of hydrogen-bond donors (Lipinski definition) is 0. The Bertz CT molecular complexity index is 554. The van der Waals surface area contributed by atoms with Gasteiger partial charge in [-0.2, -0.15) is 0 Å². The third kappa shape index (κ3) is 7.85. The maximum atomic E-state index is 12.4. The summed E-state index contributed by atoms with van der Waals surface area (Å²) >= 11 is 0. The molecule has 0 N–H and O–H groups in total. The Hall–Kier alpha value is -1.51. The maximum Gasteiger partial charge on any atom is 0.306 e. The number of esters is 1. The van der Waals surface area contributed by atoms with Gasteiger partial charge < -0.3 is 9.47 Å². The van der Waals surface area contributed by atoms with Gasteiger partial charge in [-0.25, -0.2) is 0 Å². The first-order chi connectivity index (χ1) is 13.8. The number of rotatable bonds is 13. The molecule has 28 heavy (non-hydrogen) atoms. The van der Waals surface area contributed by atoms with E-state index in [1.807, 2.05) is 18.2 Å². The highest BCUT2D eigenvalue weighted by atomic mass is 16.5. The van der Waals surface area contributed by atoms with Crippen molar-refractivity contribution >= 4 is 5.97 Å². The quantitative estimate of drug-likeness (QED) is 0.265. The molecule has 0 unspecified atom stereocenters. The van der Waals surface area contributed by atoms with Crippen molar-refractivity contribution in [3.8, 4) is 5.75 Å².